The van der Waals surface area contributed by atoms with Crippen molar-refractivity contribution in [1.82, 2.24) is 20.2 Å². The molecule has 3 heterocycles. The summed E-state index contributed by atoms with van der Waals surface area (Å²) in [5.74, 6) is 1.50. The van der Waals surface area contributed by atoms with Crippen molar-refractivity contribution in [2.45, 2.75) is 18.9 Å². The zero-order valence-corrected chi connectivity index (χ0v) is 17.3. The number of hydrogen-bond donors (Lipinski definition) is 5. The number of ether oxygens (including phenoxy) is 1. The predicted molar refractivity (Wildman–Crippen MR) is 122 cm³/mol. The Bertz CT molecular complexity index is 1290. The van der Waals surface area contributed by atoms with Gasteiger partial charge in [-0.1, -0.05) is 24.3 Å². The first-order valence-electron chi connectivity index (χ1n) is 10.8. The summed E-state index contributed by atoms with van der Waals surface area (Å²) in [6, 6.07) is 11.8. The van der Waals surface area contributed by atoms with Gasteiger partial charge in [-0.3, -0.25) is 9.89 Å². The van der Waals surface area contributed by atoms with Crippen molar-refractivity contribution in [3.63, 3.8) is 0 Å². The van der Waals surface area contributed by atoms with Crippen LogP contribution in [0.5, 0.6) is 5.75 Å². The molecule has 1 amide bonds. The van der Waals surface area contributed by atoms with E-state index >= 15 is 0 Å². The molecule has 1 saturated carbocycles. The van der Waals surface area contributed by atoms with Gasteiger partial charge in [0.1, 0.15) is 24.7 Å². The van der Waals surface area contributed by atoms with Gasteiger partial charge in [0.25, 0.3) is 0 Å². The monoisotopic (exact) mass is 429 g/mol. The van der Waals surface area contributed by atoms with E-state index in [9.17, 15) is 4.79 Å². The average molecular weight is 429 g/mol. The van der Waals surface area contributed by atoms with Gasteiger partial charge in [0.05, 0.1) is 22.3 Å². The summed E-state index contributed by atoms with van der Waals surface area (Å²) in [4.78, 5) is 19.7. The molecule has 6 rings (SSSR count). The minimum absolute atomic E-state index is 0.308. The number of benzene rings is 2. The van der Waals surface area contributed by atoms with E-state index in [1.807, 2.05) is 24.3 Å². The van der Waals surface area contributed by atoms with Gasteiger partial charge in [-0.25, -0.2) is 4.98 Å². The fraction of sp³-hybridized carbons (Fsp3) is 0.261. The van der Waals surface area contributed by atoms with Gasteiger partial charge in [-0.2, -0.15) is 5.10 Å². The molecule has 2 aromatic heterocycles. The maximum Gasteiger partial charge on any atom is 0.240 e. The van der Waals surface area contributed by atoms with E-state index in [1.54, 1.807) is 0 Å². The highest BCUT2D eigenvalue weighted by molar-refractivity contribution is 6.06. The molecule has 1 atom stereocenters. The molecule has 4 aromatic rings. The minimum Gasteiger partial charge on any atom is -0.491 e. The van der Waals surface area contributed by atoms with E-state index in [-0.39, 0.29) is 11.9 Å². The molecule has 0 radical (unpaired) electrons. The number of aromatic amines is 2. The second-order valence-electron chi connectivity index (χ2n) is 8.32. The van der Waals surface area contributed by atoms with Crippen LogP contribution in [0.15, 0.2) is 42.7 Å². The van der Waals surface area contributed by atoms with Crippen molar-refractivity contribution in [3.8, 4) is 28.4 Å². The van der Waals surface area contributed by atoms with Crippen LogP contribution < -0.4 is 21.1 Å². The highest BCUT2D eigenvalue weighted by Gasteiger charge is 2.35. The van der Waals surface area contributed by atoms with Gasteiger partial charge in [0.2, 0.25) is 5.91 Å². The summed E-state index contributed by atoms with van der Waals surface area (Å²) in [6.07, 6.45) is 3.55. The summed E-state index contributed by atoms with van der Waals surface area (Å²) in [6.45, 7) is 1.25. The van der Waals surface area contributed by atoms with E-state index in [1.165, 1.54) is 6.33 Å². The third-order valence-corrected chi connectivity index (χ3v) is 6.11. The number of rotatable bonds is 6. The Morgan fingerprint density at radius 1 is 1.19 bits per heavy atom. The first-order chi connectivity index (χ1) is 15.7. The molecule has 0 spiro atoms. The third-order valence-electron chi connectivity index (χ3n) is 6.11. The standard InChI is InChI=1S/C23H23N7O2/c24-22(31)20(13-1-2-13)28-15-9-16-18-17(10-15)32-8-7-25-21(18)19(29-16)12-3-5-14(6-4-12)23-26-11-27-30-23/h3-6,9-11,13,20,25,28-29H,1-2,7-8H2,(H2,24,31)(H,26,27,30)/t20-/m0/s1. The Labute approximate surface area is 183 Å². The number of H-pyrrole nitrogens is 2. The number of amides is 1. The molecule has 2 aromatic carbocycles. The normalized spacial score (nSPS) is 16.1. The molecule has 162 valence electrons. The SMILES string of the molecule is NC(=O)[C@@H](Nc1cc2c3c(c(-c4ccc(-c5ncn[nH]5)cc4)[nH]c3c1)NCCO2)C1CC1. The number of carbonyl (C=O) groups excluding carboxylic acids is 1. The van der Waals surface area contributed by atoms with Crippen molar-refractivity contribution in [2.24, 2.45) is 11.7 Å². The lowest BCUT2D eigenvalue weighted by Gasteiger charge is -2.17. The van der Waals surface area contributed by atoms with Crippen LogP contribution in [0.25, 0.3) is 33.5 Å². The molecule has 2 aliphatic rings. The Kier molecular flexibility index (Phi) is 4.27. The van der Waals surface area contributed by atoms with E-state index in [0.717, 1.165) is 63.5 Å². The van der Waals surface area contributed by atoms with Gasteiger partial charge in [0, 0.05) is 29.4 Å². The van der Waals surface area contributed by atoms with Crippen LogP contribution in [0.2, 0.25) is 0 Å². The minimum atomic E-state index is -0.360. The number of nitrogens with zero attached hydrogens (tertiary/aromatic N) is 2. The molecule has 9 heteroatoms. The molecular formula is C23H23N7O2. The van der Waals surface area contributed by atoms with Gasteiger partial charge in [0.15, 0.2) is 5.82 Å². The Morgan fingerprint density at radius 2 is 2.00 bits per heavy atom. The lowest BCUT2D eigenvalue weighted by Crippen LogP contribution is -2.37. The van der Waals surface area contributed by atoms with Crippen LogP contribution in [0.3, 0.4) is 0 Å². The summed E-state index contributed by atoms with van der Waals surface area (Å²) in [7, 11) is 0. The van der Waals surface area contributed by atoms with Crippen LogP contribution in [0, 0.1) is 5.92 Å². The summed E-state index contributed by atoms with van der Waals surface area (Å²) >= 11 is 0. The molecule has 1 aliphatic carbocycles. The molecule has 0 saturated heterocycles. The Hall–Kier alpha value is -4.01. The first kappa shape index (κ1) is 18.7. The zero-order valence-electron chi connectivity index (χ0n) is 17.3. The molecule has 6 N–H and O–H groups in total. The summed E-state index contributed by atoms with van der Waals surface area (Å²) < 4.78 is 6.04. The number of primary amides is 1. The molecule has 32 heavy (non-hydrogen) atoms. The van der Waals surface area contributed by atoms with Gasteiger partial charge in [-0.05, 0) is 24.8 Å². The van der Waals surface area contributed by atoms with Gasteiger partial charge in [-0.15, -0.1) is 0 Å². The Morgan fingerprint density at radius 3 is 2.72 bits per heavy atom. The lowest BCUT2D eigenvalue weighted by molar-refractivity contribution is -0.119. The molecule has 1 aliphatic heterocycles. The second kappa shape index (κ2) is 7.30. The van der Waals surface area contributed by atoms with Crippen LogP contribution in [-0.4, -0.2) is 45.3 Å². The summed E-state index contributed by atoms with van der Waals surface area (Å²) in [5.41, 5.74) is 11.4. The molecule has 1 fully saturated rings. The quantitative estimate of drug-likeness (QED) is 0.320. The van der Waals surface area contributed by atoms with Crippen molar-refractivity contribution in [2.75, 3.05) is 23.8 Å². The zero-order chi connectivity index (χ0) is 21.7. The number of anilines is 2. The van der Waals surface area contributed by atoms with E-state index in [2.05, 4.69) is 42.9 Å². The fourth-order valence-corrected chi connectivity index (χ4v) is 4.39. The predicted octanol–water partition coefficient (Wildman–Crippen LogP) is 3.10. The van der Waals surface area contributed by atoms with Crippen LogP contribution >= 0.6 is 0 Å². The first-order valence-corrected chi connectivity index (χ1v) is 10.8. The highest BCUT2D eigenvalue weighted by Crippen LogP contribution is 2.43. The van der Waals surface area contributed by atoms with Crippen molar-refractivity contribution < 1.29 is 9.53 Å². The topological polar surface area (TPSA) is 134 Å². The maximum atomic E-state index is 11.9. The average Bonchev–Trinajstić information content (AvgIpc) is 3.42. The van der Waals surface area contributed by atoms with Crippen molar-refractivity contribution >= 4 is 28.2 Å². The maximum absolute atomic E-state index is 11.9. The smallest absolute Gasteiger partial charge is 0.240 e. The van der Waals surface area contributed by atoms with Crippen LogP contribution in [0.4, 0.5) is 11.4 Å². The number of carbonyl (C=O) groups is 1. The van der Waals surface area contributed by atoms with E-state index < -0.39 is 0 Å². The third kappa shape index (κ3) is 3.22. The molecular weight excluding hydrogens is 406 g/mol. The fourth-order valence-electron chi connectivity index (χ4n) is 4.39. The lowest BCUT2D eigenvalue weighted by atomic mass is 10.1. The molecule has 0 unspecified atom stereocenters. The number of nitrogens with two attached hydrogens (primary N) is 1. The second-order valence-corrected chi connectivity index (χ2v) is 8.32. The van der Waals surface area contributed by atoms with Crippen LogP contribution in [-0.2, 0) is 4.79 Å². The van der Waals surface area contributed by atoms with Crippen molar-refractivity contribution in [3.05, 3.63) is 42.7 Å². The van der Waals surface area contributed by atoms with E-state index in [0.29, 0.717) is 19.1 Å². The number of hydrogen-bond acceptors (Lipinski definition) is 6. The Balaban J connectivity index is 1.41. The molecule has 0 bridgehead atoms. The van der Waals surface area contributed by atoms with Gasteiger partial charge >= 0.3 is 0 Å². The summed E-state index contributed by atoms with van der Waals surface area (Å²) in [5, 5.41) is 14.6. The van der Waals surface area contributed by atoms with Crippen LogP contribution in [0.1, 0.15) is 12.8 Å². The highest BCUT2D eigenvalue weighted by atomic mass is 16.5. The van der Waals surface area contributed by atoms with Crippen molar-refractivity contribution in [1.29, 1.82) is 0 Å². The number of aromatic nitrogens is 4. The van der Waals surface area contributed by atoms with E-state index in [4.69, 9.17) is 10.5 Å². The van der Waals surface area contributed by atoms with Gasteiger partial charge < -0.3 is 26.1 Å². The molecule has 9 nitrogen and oxygen atoms in total. The number of nitrogens with one attached hydrogen (secondary N) is 4. The largest absolute Gasteiger partial charge is 0.491 e.